The second kappa shape index (κ2) is 4.95. The molecule has 0 aliphatic carbocycles. The molecule has 0 N–H and O–H groups in total. The molecule has 0 unspecified atom stereocenters. The van der Waals surface area contributed by atoms with Crippen molar-refractivity contribution >= 4 is 6.29 Å². The third kappa shape index (κ3) is 2.28. The summed E-state index contributed by atoms with van der Waals surface area (Å²) in [4.78, 5) is 15.2. The summed E-state index contributed by atoms with van der Waals surface area (Å²) in [5.41, 5.74) is 2.88. The Morgan fingerprint density at radius 1 is 1.41 bits per heavy atom. The number of aryl methyl sites for hydroxylation is 2. The van der Waals surface area contributed by atoms with Gasteiger partial charge in [-0.15, -0.1) is 0 Å². The monoisotopic (exact) mass is 228 g/mol. The number of nitrogens with zero attached hydrogens (tertiary/aromatic N) is 2. The fraction of sp³-hybridized carbons (Fsp3) is 0.286. The SMILES string of the molecule is CCCc1nccn1-c1cc(C=O)ccc1C. The molecule has 0 spiro atoms. The number of rotatable bonds is 4. The van der Waals surface area contributed by atoms with Gasteiger partial charge in [0, 0.05) is 24.4 Å². The lowest BCUT2D eigenvalue weighted by Crippen LogP contribution is -2.02. The first-order chi connectivity index (χ1) is 8.26. The molecule has 0 aliphatic heterocycles. The molecule has 2 aromatic rings. The molecule has 1 aromatic carbocycles. The number of aldehydes is 1. The van der Waals surface area contributed by atoms with Crippen LogP contribution in [0.2, 0.25) is 0 Å². The minimum Gasteiger partial charge on any atom is -0.303 e. The van der Waals surface area contributed by atoms with E-state index in [0.717, 1.165) is 36.2 Å². The van der Waals surface area contributed by atoms with Crippen molar-refractivity contribution in [3.05, 3.63) is 47.5 Å². The summed E-state index contributed by atoms with van der Waals surface area (Å²) >= 11 is 0. The number of imidazole rings is 1. The van der Waals surface area contributed by atoms with Crippen molar-refractivity contribution in [1.29, 1.82) is 0 Å². The van der Waals surface area contributed by atoms with Gasteiger partial charge in [-0.1, -0.05) is 19.1 Å². The summed E-state index contributed by atoms with van der Waals surface area (Å²) in [6.07, 6.45) is 6.63. The van der Waals surface area contributed by atoms with E-state index >= 15 is 0 Å². The van der Waals surface area contributed by atoms with Crippen molar-refractivity contribution in [2.75, 3.05) is 0 Å². The minimum absolute atomic E-state index is 0.696. The fourth-order valence-corrected chi connectivity index (χ4v) is 1.92. The van der Waals surface area contributed by atoms with Gasteiger partial charge >= 0.3 is 0 Å². The first-order valence-electron chi connectivity index (χ1n) is 5.84. The summed E-state index contributed by atoms with van der Waals surface area (Å²) in [5, 5.41) is 0. The number of carbonyl (C=O) groups excluding carboxylic acids is 1. The average molecular weight is 228 g/mol. The zero-order valence-electron chi connectivity index (χ0n) is 10.2. The highest BCUT2D eigenvalue weighted by molar-refractivity contribution is 5.76. The summed E-state index contributed by atoms with van der Waals surface area (Å²) in [5.74, 6) is 1.04. The van der Waals surface area contributed by atoms with Crippen LogP contribution in [-0.2, 0) is 6.42 Å². The van der Waals surface area contributed by atoms with Crippen LogP contribution >= 0.6 is 0 Å². The Hall–Kier alpha value is -1.90. The highest BCUT2D eigenvalue weighted by Crippen LogP contribution is 2.17. The third-order valence-corrected chi connectivity index (χ3v) is 2.82. The van der Waals surface area contributed by atoms with E-state index in [2.05, 4.69) is 16.5 Å². The molecule has 0 amide bonds. The molecule has 0 bridgehead atoms. The topological polar surface area (TPSA) is 34.9 Å². The lowest BCUT2D eigenvalue weighted by atomic mass is 10.1. The molecule has 0 atom stereocenters. The van der Waals surface area contributed by atoms with Gasteiger partial charge in [0.2, 0.25) is 0 Å². The number of aromatic nitrogens is 2. The maximum absolute atomic E-state index is 10.8. The predicted molar refractivity (Wildman–Crippen MR) is 67.7 cm³/mol. The molecule has 88 valence electrons. The van der Waals surface area contributed by atoms with E-state index in [-0.39, 0.29) is 0 Å². The second-order valence-corrected chi connectivity index (χ2v) is 4.13. The van der Waals surface area contributed by atoms with Gasteiger partial charge in [-0.25, -0.2) is 4.98 Å². The van der Waals surface area contributed by atoms with E-state index in [0.29, 0.717) is 5.56 Å². The first-order valence-corrected chi connectivity index (χ1v) is 5.84. The van der Waals surface area contributed by atoms with Crippen LogP contribution in [0.3, 0.4) is 0 Å². The number of benzene rings is 1. The Kier molecular flexibility index (Phi) is 3.38. The van der Waals surface area contributed by atoms with Gasteiger partial charge in [0.05, 0.1) is 5.69 Å². The zero-order valence-corrected chi connectivity index (χ0v) is 10.2. The molecule has 0 fully saturated rings. The standard InChI is InChI=1S/C14H16N2O/c1-3-4-14-15-7-8-16(14)13-9-12(10-17)6-5-11(13)2/h5-10H,3-4H2,1-2H3. The Morgan fingerprint density at radius 2 is 2.24 bits per heavy atom. The Morgan fingerprint density at radius 3 is 2.94 bits per heavy atom. The van der Waals surface area contributed by atoms with Gasteiger partial charge in [0.1, 0.15) is 12.1 Å². The van der Waals surface area contributed by atoms with Crippen LogP contribution in [-0.4, -0.2) is 15.8 Å². The van der Waals surface area contributed by atoms with Gasteiger partial charge < -0.3 is 4.57 Å². The van der Waals surface area contributed by atoms with Gasteiger partial charge in [0.15, 0.2) is 0 Å². The van der Waals surface area contributed by atoms with Gasteiger partial charge in [-0.2, -0.15) is 0 Å². The minimum atomic E-state index is 0.696. The molecular weight excluding hydrogens is 212 g/mol. The quantitative estimate of drug-likeness (QED) is 0.754. The second-order valence-electron chi connectivity index (χ2n) is 4.13. The largest absolute Gasteiger partial charge is 0.303 e. The molecule has 1 aromatic heterocycles. The van der Waals surface area contributed by atoms with Crippen LogP contribution in [0.5, 0.6) is 0 Å². The molecule has 2 rings (SSSR count). The van der Waals surface area contributed by atoms with Gasteiger partial charge in [-0.3, -0.25) is 4.79 Å². The van der Waals surface area contributed by atoms with Crippen LogP contribution in [0.25, 0.3) is 5.69 Å². The smallest absolute Gasteiger partial charge is 0.150 e. The van der Waals surface area contributed by atoms with E-state index < -0.39 is 0 Å². The molecule has 17 heavy (non-hydrogen) atoms. The van der Waals surface area contributed by atoms with Crippen molar-refractivity contribution in [2.24, 2.45) is 0 Å². The van der Waals surface area contributed by atoms with Crippen LogP contribution < -0.4 is 0 Å². The van der Waals surface area contributed by atoms with Crippen LogP contribution in [0.1, 0.15) is 35.1 Å². The zero-order chi connectivity index (χ0) is 12.3. The fourth-order valence-electron chi connectivity index (χ4n) is 1.92. The molecule has 0 aliphatic rings. The maximum atomic E-state index is 10.8. The highest BCUT2D eigenvalue weighted by atomic mass is 16.1. The Balaban J connectivity index is 2.51. The lowest BCUT2D eigenvalue weighted by molar-refractivity contribution is 0.112. The molecule has 3 heteroatoms. The van der Waals surface area contributed by atoms with E-state index in [1.165, 1.54) is 0 Å². The average Bonchev–Trinajstić information content (AvgIpc) is 2.78. The molecule has 0 saturated carbocycles. The molecule has 3 nitrogen and oxygen atoms in total. The number of carbonyl (C=O) groups is 1. The van der Waals surface area contributed by atoms with Crippen molar-refractivity contribution in [1.82, 2.24) is 9.55 Å². The number of hydrogen-bond donors (Lipinski definition) is 0. The molecular formula is C14H16N2O. The van der Waals surface area contributed by atoms with Gasteiger partial charge in [0.25, 0.3) is 0 Å². The number of hydrogen-bond acceptors (Lipinski definition) is 2. The van der Waals surface area contributed by atoms with Crippen molar-refractivity contribution < 1.29 is 4.79 Å². The summed E-state index contributed by atoms with van der Waals surface area (Å²) in [6, 6.07) is 5.71. The van der Waals surface area contributed by atoms with Crippen molar-refractivity contribution in [2.45, 2.75) is 26.7 Å². The first kappa shape index (κ1) is 11.6. The van der Waals surface area contributed by atoms with E-state index in [9.17, 15) is 4.79 Å². The summed E-state index contributed by atoms with van der Waals surface area (Å²) in [7, 11) is 0. The van der Waals surface area contributed by atoms with E-state index in [1.807, 2.05) is 31.3 Å². The van der Waals surface area contributed by atoms with E-state index in [4.69, 9.17) is 0 Å². The van der Waals surface area contributed by atoms with E-state index in [1.54, 1.807) is 6.20 Å². The van der Waals surface area contributed by atoms with Crippen molar-refractivity contribution in [3.8, 4) is 5.69 Å². The Labute approximate surface area is 101 Å². The Bertz CT molecular complexity index is 529. The van der Waals surface area contributed by atoms with Crippen LogP contribution in [0.15, 0.2) is 30.6 Å². The molecule has 1 heterocycles. The molecule has 0 saturated heterocycles. The van der Waals surface area contributed by atoms with Crippen LogP contribution in [0, 0.1) is 6.92 Å². The summed E-state index contributed by atoms with van der Waals surface area (Å²) in [6.45, 7) is 4.17. The maximum Gasteiger partial charge on any atom is 0.150 e. The van der Waals surface area contributed by atoms with Gasteiger partial charge in [-0.05, 0) is 25.0 Å². The third-order valence-electron chi connectivity index (χ3n) is 2.82. The normalized spacial score (nSPS) is 10.5. The predicted octanol–water partition coefficient (Wildman–Crippen LogP) is 2.95. The van der Waals surface area contributed by atoms with Crippen LogP contribution in [0.4, 0.5) is 0 Å². The highest BCUT2D eigenvalue weighted by Gasteiger charge is 2.07. The summed E-state index contributed by atoms with van der Waals surface area (Å²) < 4.78 is 2.06. The molecule has 0 radical (unpaired) electrons. The lowest BCUT2D eigenvalue weighted by Gasteiger charge is -2.10. The van der Waals surface area contributed by atoms with Crippen molar-refractivity contribution in [3.63, 3.8) is 0 Å².